The summed E-state index contributed by atoms with van der Waals surface area (Å²) in [7, 11) is 0. The molecule has 0 radical (unpaired) electrons. The Morgan fingerprint density at radius 3 is 2.44 bits per heavy atom. The molecule has 1 unspecified atom stereocenters. The predicted octanol–water partition coefficient (Wildman–Crippen LogP) is 2.22. The van der Waals surface area contributed by atoms with E-state index in [2.05, 4.69) is 38.0 Å². The number of aromatic nitrogens is 1. The molecule has 4 heteroatoms. The monoisotopic (exact) mass is 241 g/mol. The number of hydrogen-bond donors (Lipinski definition) is 2. The van der Waals surface area contributed by atoms with Crippen molar-refractivity contribution in [1.82, 2.24) is 10.3 Å². The van der Waals surface area contributed by atoms with Gasteiger partial charge in [-0.2, -0.15) is 0 Å². The van der Waals surface area contributed by atoms with Gasteiger partial charge in [-0.1, -0.05) is 13.8 Å². The summed E-state index contributed by atoms with van der Waals surface area (Å²) in [6, 6.07) is 0. The van der Waals surface area contributed by atoms with Crippen LogP contribution in [0.2, 0.25) is 0 Å². The maximum Gasteiger partial charge on any atom is 0.0900 e. The minimum atomic E-state index is 0.00430. The van der Waals surface area contributed by atoms with Gasteiger partial charge in [-0.15, -0.1) is 11.3 Å². The quantitative estimate of drug-likeness (QED) is 0.831. The van der Waals surface area contributed by atoms with E-state index in [4.69, 9.17) is 5.73 Å². The Hall–Kier alpha value is -0.450. The summed E-state index contributed by atoms with van der Waals surface area (Å²) in [5.74, 6) is 0.520. The molecule has 3 nitrogen and oxygen atoms in total. The number of rotatable bonds is 5. The molecule has 92 valence electrons. The van der Waals surface area contributed by atoms with Gasteiger partial charge in [-0.3, -0.25) is 0 Å². The van der Waals surface area contributed by atoms with Crippen molar-refractivity contribution in [2.24, 2.45) is 11.7 Å². The maximum atomic E-state index is 5.84. The van der Waals surface area contributed by atoms with Crippen LogP contribution in [-0.2, 0) is 6.54 Å². The third kappa shape index (κ3) is 3.03. The number of nitrogens with two attached hydrogens (primary N) is 1. The summed E-state index contributed by atoms with van der Waals surface area (Å²) < 4.78 is 0. The zero-order chi connectivity index (χ0) is 12.3. The van der Waals surface area contributed by atoms with E-state index in [1.54, 1.807) is 11.3 Å². The van der Waals surface area contributed by atoms with Gasteiger partial charge in [0.2, 0.25) is 0 Å². The van der Waals surface area contributed by atoms with E-state index in [9.17, 15) is 0 Å². The molecule has 0 amide bonds. The van der Waals surface area contributed by atoms with Crippen LogP contribution in [0, 0.1) is 19.8 Å². The van der Waals surface area contributed by atoms with Crippen LogP contribution in [0.4, 0.5) is 0 Å². The molecule has 0 saturated carbocycles. The van der Waals surface area contributed by atoms with Crippen LogP contribution < -0.4 is 11.1 Å². The standard InChI is InChI=1S/C12H23N3S/c1-8(2)12(5,7-13)14-6-11-9(3)15-10(4)16-11/h8,14H,6-7,13H2,1-5H3. The molecule has 0 saturated heterocycles. The highest BCUT2D eigenvalue weighted by Crippen LogP contribution is 2.20. The van der Waals surface area contributed by atoms with E-state index < -0.39 is 0 Å². The maximum absolute atomic E-state index is 5.84. The summed E-state index contributed by atoms with van der Waals surface area (Å²) in [6.07, 6.45) is 0. The van der Waals surface area contributed by atoms with Crippen LogP contribution in [0.25, 0.3) is 0 Å². The highest BCUT2D eigenvalue weighted by Gasteiger charge is 2.26. The molecular formula is C12H23N3S. The molecule has 0 aliphatic rings. The molecular weight excluding hydrogens is 218 g/mol. The lowest BCUT2D eigenvalue weighted by atomic mass is 9.88. The zero-order valence-corrected chi connectivity index (χ0v) is 11.7. The second-order valence-corrected chi connectivity index (χ2v) is 6.16. The Labute approximate surface area is 102 Å². The first-order valence-electron chi connectivity index (χ1n) is 5.77. The molecule has 16 heavy (non-hydrogen) atoms. The summed E-state index contributed by atoms with van der Waals surface area (Å²) in [6.45, 7) is 12.2. The van der Waals surface area contributed by atoms with Gasteiger partial charge in [-0.25, -0.2) is 4.98 Å². The van der Waals surface area contributed by atoms with Crippen molar-refractivity contribution in [2.75, 3.05) is 6.54 Å². The fourth-order valence-corrected chi connectivity index (χ4v) is 2.41. The van der Waals surface area contributed by atoms with Gasteiger partial charge in [0.25, 0.3) is 0 Å². The molecule has 1 aromatic heterocycles. The summed E-state index contributed by atoms with van der Waals surface area (Å²) in [4.78, 5) is 5.75. The first-order valence-corrected chi connectivity index (χ1v) is 6.58. The molecule has 1 aromatic rings. The Kier molecular flexibility index (Phi) is 4.47. The van der Waals surface area contributed by atoms with E-state index in [1.165, 1.54) is 4.88 Å². The molecule has 0 aromatic carbocycles. The Morgan fingerprint density at radius 2 is 2.06 bits per heavy atom. The molecule has 0 fully saturated rings. The van der Waals surface area contributed by atoms with Gasteiger partial charge in [-0.05, 0) is 26.7 Å². The predicted molar refractivity (Wildman–Crippen MR) is 70.7 cm³/mol. The molecule has 3 N–H and O–H groups in total. The van der Waals surface area contributed by atoms with E-state index in [-0.39, 0.29) is 5.54 Å². The van der Waals surface area contributed by atoms with Gasteiger partial charge in [0.1, 0.15) is 0 Å². The largest absolute Gasteiger partial charge is 0.329 e. The first kappa shape index (κ1) is 13.6. The Bertz CT molecular complexity index is 346. The highest BCUT2D eigenvalue weighted by molar-refractivity contribution is 7.11. The number of thiazole rings is 1. The molecule has 1 rings (SSSR count). The average Bonchev–Trinajstić information content (AvgIpc) is 2.53. The summed E-state index contributed by atoms with van der Waals surface area (Å²) in [5.41, 5.74) is 6.98. The van der Waals surface area contributed by atoms with Crippen molar-refractivity contribution in [3.8, 4) is 0 Å². The number of aryl methyl sites for hydroxylation is 2. The van der Waals surface area contributed by atoms with E-state index in [1.807, 2.05) is 6.92 Å². The second kappa shape index (κ2) is 5.25. The van der Waals surface area contributed by atoms with Crippen LogP contribution in [0.15, 0.2) is 0 Å². The van der Waals surface area contributed by atoms with Crippen molar-refractivity contribution < 1.29 is 0 Å². The van der Waals surface area contributed by atoms with Gasteiger partial charge in [0.05, 0.1) is 10.7 Å². The normalized spacial score (nSPS) is 15.4. The minimum Gasteiger partial charge on any atom is -0.329 e. The first-order chi connectivity index (χ1) is 7.39. The van der Waals surface area contributed by atoms with Crippen molar-refractivity contribution in [1.29, 1.82) is 0 Å². The third-order valence-electron chi connectivity index (χ3n) is 3.35. The van der Waals surface area contributed by atoms with Crippen molar-refractivity contribution in [3.05, 3.63) is 15.6 Å². The minimum absolute atomic E-state index is 0.00430. The Morgan fingerprint density at radius 1 is 1.44 bits per heavy atom. The number of nitrogens with one attached hydrogen (secondary N) is 1. The van der Waals surface area contributed by atoms with Crippen molar-refractivity contribution >= 4 is 11.3 Å². The van der Waals surface area contributed by atoms with Gasteiger partial charge in [0, 0.05) is 23.5 Å². The van der Waals surface area contributed by atoms with Crippen LogP contribution in [-0.4, -0.2) is 17.1 Å². The second-order valence-electron chi connectivity index (χ2n) is 4.87. The number of nitrogens with zero attached hydrogens (tertiary/aromatic N) is 1. The fourth-order valence-electron chi connectivity index (χ4n) is 1.53. The van der Waals surface area contributed by atoms with Crippen molar-refractivity contribution in [3.63, 3.8) is 0 Å². The SMILES string of the molecule is Cc1nc(C)c(CNC(C)(CN)C(C)C)s1. The lowest BCUT2D eigenvalue weighted by molar-refractivity contribution is 0.267. The van der Waals surface area contributed by atoms with Crippen LogP contribution in [0.1, 0.15) is 36.3 Å². The molecule has 0 aliphatic carbocycles. The molecule has 0 bridgehead atoms. The van der Waals surface area contributed by atoms with Gasteiger partial charge < -0.3 is 11.1 Å². The molecule has 1 heterocycles. The third-order valence-corrected chi connectivity index (χ3v) is 4.42. The van der Waals surface area contributed by atoms with Crippen LogP contribution in [0.5, 0.6) is 0 Å². The fraction of sp³-hybridized carbons (Fsp3) is 0.750. The molecule has 0 spiro atoms. The van der Waals surface area contributed by atoms with Gasteiger partial charge in [0.15, 0.2) is 0 Å². The lowest BCUT2D eigenvalue weighted by Crippen LogP contribution is -2.52. The number of hydrogen-bond acceptors (Lipinski definition) is 4. The van der Waals surface area contributed by atoms with Crippen LogP contribution >= 0.6 is 11.3 Å². The summed E-state index contributed by atoms with van der Waals surface area (Å²) >= 11 is 1.76. The van der Waals surface area contributed by atoms with E-state index in [0.29, 0.717) is 12.5 Å². The van der Waals surface area contributed by atoms with Crippen LogP contribution in [0.3, 0.4) is 0 Å². The van der Waals surface area contributed by atoms with E-state index in [0.717, 1.165) is 17.2 Å². The van der Waals surface area contributed by atoms with Crippen molar-refractivity contribution in [2.45, 2.75) is 46.7 Å². The topological polar surface area (TPSA) is 50.9 Å². The van der Waals surface area contributed by atoms with E-state index >= 15 is 0 Å². The molecule has 1 atom stereocenters. The smallest absolute Gasteiger partial charge is 0.0900 e. The van der Waals surface area contributed by atoms with Gasteiger partial charge >= 0.3 is 0 Å². The Balaban J connectivity index is 2.66. The zero-order valence-electron chi connectivity index (χ0n) is 10.9. The average molecular weight is 241 g/mol. The molecule has 0 aliphatic heterocycles. The lowest BCUT2D eigenvalue weighted by Gasteiger charge is -2.33. The highest BCUT2D eigenvalue weighted by atomic mass is 32.1. The summed E-state index contributed by atoms with van der Waals surface area (Å²) in [5, 5.41) is 4.69.